The summed E-state index contributed by atoms with van der Waals surface area (Å²) in [5, 5.41) is 14.1. The lowest BCUT2D eigenvalue weighted by atomic mass is 9.92. The fourth-order valence-corrected chi connectivity index (χ4v) is 3.16. The summed E-state index contributed by atoms with van der Waals surface area (Å²) < 4.78 is 12.6. The monoisotopic (exact) mass is 324 g/mol. The lowest BCUT2D eigenvalue weighted by Crippen LogP contribution is -2.51. The number of morpholine rings is 1. The molecule has 1 aromatic heterocycles. The highest BCUT2D eigenvalue weighted by Gasteiger charge is 2.30. The number of aryl methyl sites for hydroxylation is 1. The summed E-state index contributed by atoms with van der Waals surface area (Å²) in [4.78, 5) is 14.5. The highest BCUT2D eigenvalue weighted by atomic mass is 16.5. The number of aromatic nitrogens is 4. The molecule has 2 amide bonds. The molecule has 0 aromatic carbocycles. The SMILES string of the molecule is CCn1nnnc1NC(=O)N1CCOCC1CC1CCOCC1. The Morgan fingerprint density at radius 2 is 2.13 bits per heavy atom. The Morgan fingerprint density at radius 3 is 2.91 bits per heavy atom. The number of carbonyl (C=O) groups excluding carboxylic acids is 1. The second-order valence-corrected chi connectivity index (χ2v) is 5.96. The average molecular weight is 324 g/mol. The summed E-state index contributed by atoms with van der Waals surface area (Å²) in [6.45, 7) is 5.91. The van der Waals surface area contributed by atoms with E-state index in [2.05, 4.69) is 20.8 Å². The summed E-state index contributed by atoms with van der Waals surface area (Å²) in [5.41, 5.74) is 0. The smallest absolute Gasteiger partial charge is 0.324 e. The number of nitrogens with one attached hydrogen (secondary N) is 1. The second kappa shape index (κ2) is 7.69. The van der Waals surface area contributed by atoms with Crippen LogP contribution in [0.3, 0.4) is 0 Å². The van der Waals surface area contributed by atoms with Crippen molar-refractivity contribution in [3.63, 3.8) is 0 Å². The number of anilines is 1. The lowest BCUT2D eigenvalue weighted by Gasteiger charge is -2.37. The van der Waals surface area contributed by atoms with Crippen molar-refractivity contribution in [2.75, 3.05) is 38.3 Å². The van der Waals surface area contributed by atoms with Gasteiger partial charge in [-0.05, 0) is 42.5 Å². The molecule has 3 rings (SSSR count). The second-order valence-electron chi connectivity index (χ2n) is 5.96. The third kappa shape index (κ3) is 3.97. The number of urea groups is 1. The molecule has 1 unspecified atom stereocenters. The minimum absolute atomic E-state index is 0.0952. The van der Waals surface area contributed by atoms with Crippen LogP contribution in [0.4, 0.5) is 10.7 Å². The predicted molar refractivity (Wildman–Crippen MR) is 82.0 cm³/mol. The van der Waals surface area contributed by atoms with Gasteiger partial charge in [0.15, 0.2) is 0 Å². The maximum atomic E-state index is 12.6. The Labute approximate surface area is 135 Å². The van der Waals surface area contributed by atoms with Gasteiger partial charge in [0.1, 0.15) is 0 Å². The van der Waals surface area contributed by atoms with Crippen LogP contribution >= 0.6 is 0 Å². The van der Waals surface area contributed by atoms with Crippen LogP contribution in [0.15, 0.2) is 0 Å². The summed E-state index contributed by atoms with van der Waals surface area (Å²) in [5.74, 6) is 0.973. The first-order valence-corrected chi connectivity index (χ1v) is 8.27. The Kier molecular flexibility index (Phi) is 5.39. The van der Waals surface area contributed by atoms with Crippen molar-refractivity contribution in [2.24, 2.45) is 5.92 Å². The van der Waals surface area contributed by atoms with Crippen LogP contribution in [0.5, 0.6) is 0 Å². The number of tetrazole rings is 1. The number of hydrogen-bond acceptors (Lipinski definition) is 6. The maximum Gasteiger partial charge on any atom is 0.324 e. The third-order valence-corrected chi connectivity index (χ3v) is 4.48. The number of carbonyl (C=O) groups is 1. The zero-order valence-corrected chi connectivity index (χ0v) is 13.5. The van der Waals surface area contributed by atoms with Gasteiger partial charge in [0.2, 0.25) is 0 Å². The van der Waals surface area contributed by atoms with Gasteiger partial charge in [-0.25, -0.2) is 9.48 Å². The van der Waals surface area contributed by atoms with Crippen LogP contribution in [0.25, 0.3) is 0 Å². The summed E-state index contributed by atoms with van der Waals surface area (Å²) in [6.07, 6.45) is 3.07. The Hall–Kier alpha value is -1.74. The Balaban J connectivity index is 1.61. The molecule has 128 valence electrons. The van der Waals surface area contributed by atoms with Crippen LogP contribution in [0.1, 0.15) is 26.2 Å². The molecule has 2 saturated heterocycles. The molecule has 1 atom stereocenters. The highest BCUT2D eigenvalue weighted by molar-refractivity contribution is 5.87. The van der Waals surface area contributed by atoms with E-state index < -0.39 is 0 Å². The lowest BCUT2D eigenvalue weighted by molar-refractivity contribution is -0.00509. The molecule has 9 nitrogen and oxygen atoms in total. The summed E-state index contributed by atoms with van der Waals surface area (Å²) >= 11 is 0. The molecule has 9 heteroatoms. The van der Waals surface area contributed by atoms with Crippen LogP contribution < -0.4 is 5.32 Å². The number of nitrogens with zero attached hydrogens (tertiary/aromatic N) is 5. The van der Waals surface area contributed by atoms with E-state index in [1.807, 2.05) is 11.8 Å². The molecule has 0 saturated carbocycles. The van der Waals surface area contributed by atoms with Gasteiger partial charge < -0.3 is 14.4 Å². The zero-order chi connectivity index (χ0) is 16.1. The zero-order valence-electron chi connectivity index (χ0n) is 13.5. The van der Waals surface area contributed by atoms with Gasteiger partial charge in [0.05, 0.1) is 19.3 Å². The molecule has 2 aliphatic rings. The van der Waals surface area contributed by atoms with E-state index >= 15 is 0 Å². The average Bonchev–Trinajstić information content (AvgIpc) is 3.03. The Bertz CT molecular complexity index is 516. The normalized spacial score (nSPS) is 23.0. The number of rotatable bonds is 4. The molecular weight excluding hydrogens is 300 g/mol. The molecule has 23 heavy (non-hydrogen) atoms. The van der Waals surface area contributed by atoms with E-state index in [1.54, 1.807) is 4.68 Å². The van der Waals surface area contributed by atoms with Crippen LogP contribution in [-0.4, -0.2) is 70.2 Å². The van der Waals surface area contributed by atoms with Crippen molar-refractivity contribution in [3.05, 3.63) is 0 Å². The van der Waals surface area contributed by atoms with Crippen LogP contribution in [-0.2, 0) is 16.0 Å². The van der Waals surface area contributed by atoms with Gasteiger partial charge in [-0.15, -0.1) is 0 Å². The number of hydrogen-bond donors (Lipinski definition) is 1. The van der Waals surface area contributed by atoms with Gasteiger partial charge in [0, 0.05) is 26.3 Å². The third-order valence-electron chi connectivity index (χ3n) is 4.48. The largest absolute Gasteiger partial charge is 0.381 e. The molecule has 0 aliphatic carbocycles. The van der Waals surface area contributed by atoms with Crippen molar-refractivity contribution in [1.29, 1.82) is 0 Å². The number of amides is 2. The fraction of sp³-hybridized carbons (Fsp3) is 0.857. The fourth-order valence-electron chi connectivity index (χ4n) is 3.16. The molecule has 1 N–H and O–H groups in total. The predicted octanol–water partition coefficient (Wildman–Crippen LogP) is 0.742. The molecule has 3 heterocycles. The van der Waals surface area contributed by atoms with Gasteiger partial charge in [0.25, 0.3) is 5.95 Å². The van der Waals surface area contributed by atoms with E-state index in [1.165, 1.54) is 0 Å². The van der Waals surface area contributed by atoms with Gasteiger partial charge >= 0.3 is 6.03 Å². The molecule has 0 radical (unpaired) electrons. The van der Waals surface area contributed by atoms with E-state index in [-0.39, 0.29) is 12.1 Å². The summed E-state index contributed by atoms with van der Waals surface area (Å²) in [7, 11) is 0. The minimum atomic E-state index is -0.158. The van der Waals surface area contributed by atoms with Gasteiger partial charge in [-0.1, -0.05) is 5.10 Å². The van der Waals surface area contributed by atoms with E-state index in [0.29, 0.717) is 38.2 Å². The van der Waals surface area contributed by atoms with Crippen molar-refractivity contribution >= 4 is 12.0 Å². The van der Waals surface area contributed by atoms with Gasteiger partial charge in [-0.2, -0.15) is 0 Å². The number of ether oxygens (including phenoxy) is 2. The van der Waals surface area contributed by atoms with Crippen molar-refractivity contribution < 1.29 is 14.3 Å². The summed E-state index contributed by atoms with van der Waals surface area (Å²) in [6, 6.07) is -0.0623. The first-order chi connectivity index (χ1) is 11.3. The first kappa shape index (κ1) is 16.1. The molecule has 2 fully saturated rings. The van der Waals surface area contributed by atoms with Crippen LogP contribution in [0.2, 0.25) is 0 Å². The highest BCUT2D eigenvalue weighted by Crippen LogP contribution is 2.24. The van der Waals surface area contributed by atoms with Gasteiger partial charge in [-0.3, -0.25) is 5.32 Å². The minimum Gasteiger partial charge on any atom is -0.381 e. The van der Waals surface area contributed by atoms with E-state index in [0.717, 1.165) is 32.5 Å². The van der Waals surface area contributed by atoms with Crippen molar-refractivity contribution in [1.82, 2.24) is 25.1 Å². The first-order valence-electron chi connectivity index (χ1n) is 8.27. The molecule has 2 aliphatic heterocycles. The standard InChI is InChI=1S/C14H24N6O3/c1-2-20-13(16-17-18-20)15-14(21)19-5-8-23-10-12(19)9-11-3-6-22-7-4-11/h11-12H,2-10H2,1H3,(H,15,16,18,21). The molecule has 0 bridgehead atoms. The quantitative estimate of drug-likeness (QED) is 0.878. The molecule has 1 aromatic rings. The van der Waals surface area contributed by atoms with Crippen molar-refractivity contribution in [2.45, 2.75) is 38.8 Å². The Morgan fingerprint density at radius 1 is 1.30 bits per heavy atom. The topological polar surface area (TPSA) is 94.4 Å². The van der Waals surface area contributed by atoms with E-state index in [9.17, 15) is 4.79 Å². The molecule has 0 spiro atoms. The van der Waals surface area contributed by atoms with E-state index in [4.69, 9.17) is 9.47 Å². The van der Waals surface area contributed by atoms with Crippen molar-refractivity contribution in [3.8, 4) is 0 Å². The molecular formula is C14H24N6O3. The van der Waals surface area contributed by atoms with Crippen LogP contribution in [0, 0.1) is 5.92 Å². The maximum absolute atomic E-state index is 12.6.